The summed E-state index contributed by atoms with van der Waals surface area (Å²) in [6.45, 7) is 3.98. The molecule has 1 rings (SSSR count). The van der Waals surface area contributed by atoms with Crippen molar-refractivity contribution in [3.8, 4) is 0 Å². The number of hydrogen-bond donors (Lipinski definition) is 3. The van der Waals surface area contributed by atoms with Crippen molar-refractivity contribution in [1.29, 1.82) is 0 Å². The lowest BCUT2D eigenvalue weighted by atomic mass is 9.95. The minimum absolute atomic E-state index is 0.0766. The van der Waals surface area contributed by atoms with E-state index in [1.165, 1.54) is 11.3 Å². The van der Waals surface area contributed by atoms with E-state index < -0.39 is 12.0 Å². The summed E-state index contributed by atoms with van der Waals surface area (Å²) in [7, 11) is 0. The number of nitrogens with two attached hydrogens (primary N) is 1. The molecular formula is C12H18N2O3S. The van der Waals surface area contributed by atoms with Crippen molar-refractivity contribution in [3.05, 3.63) is 22.4 Å². The summed E-state index contributed by atoms with van der Waals surface area (Å²) >= 11 is 1.30. The van der Waals surface area contributed by atoms with Gasteiger partial charge in [0, 0.05) is 11.4 Å². The van der Waals surface area contributed by atoms with Gasteiger partial charge >= 0.3 is 5.97 Å². The van der Waals surface area contributed by atoms with E-state index >= 15 is 0 Å². The van der Waals surface area contributed by atoms with E-state index in [0.717, 1.165) is 0 Å². The van der Waals surface area contributed by atoms with Gasteiger partial charge in [-0.1, -0.05) is 19.9 Å². The number of carbonyl (C=O) groups excluding carboxylic acids is 1. The number of carboxylic acid groups (broad SMARTS) is 1. The van der Waals surface area contributed by atoms with E-state index in [1.54, 1.807) is 17.5 Å². The predicted octanol–water partition coefficient (Wildman–Crippen LogP) is 1.22. The monoisotopic (exact) mass is 270 g/mol. The van der Waals surface area contributed by atoms with E-state index in [1.807, 2.05) is 13.8 Å². The zero-order chi connectivity index (χ0) is 13.7. The molecule has 0 aromatic carbocycles. The van der Waals surface area contributed by atoms with Crippen LogP contribution < -0.4 is 11.1 Å². The highest BCUT2D eigenvalue weighted by Gasteiger charge is 2.27. The van der Waals surface area contributed by atoms with Crippen LogP contribution in [0.1, 0.15) is 24.8 Å². The molecule has 4 N–H and O–H groups in total. The number of aliphatic carboxylic acids is 1. The van der Waals surface area contributed by atoms with E-state index in [2.05, 4.69) is 5.32 Å². The molecule has 2 unspecified atom stereocenters. The molecule has 1 aromatic heterocycles. The Morgan fingerprint density at radius 3 is 2.56 bits per heavy atom. The molecule has 0 spiro atoms. The van der Waals surface area contributed by atoms with Gasteiger partial charge in [-0.25, -0.2) is 4.79 Å². The standard InChI is InChI=1S/C12H18N2O3S/c1-7(2)8(6-13)11(15)14-10(12(16)17)9-4-3-5-18-9/h3-5,7-8,10H,6,13H2,1-2H3,(H,14,15)(H,16,17). The van der Waals surface area contributed by atoms with Crippen LogP contribution in [0.2, 0.25) is 0 Å². The highest BCUT2D eigenvalue weighted by atomic mass is 32.1. The highest BCUT2D eigenvalue weighted by molar-refractivity contribution is 7.10. The molecule has 2 atom stereocenters. The summed E-state index contributed by atoms with van der Waals surface area (Å²) < 4.78 is 0. The minimum Gasteiger partial charge on any atom is -0.479 e. The number of amides is 1. The predicted molar refractivity (Wildman–Crippen MR) is 70.2 cm³/mol. The molecule has 0 aliphatic heterocycles. The fraction of sp³-hybridized carbons (Fsp3) is 0.500. The normalized spacial score (nSPS) is 14.2. The first-order valence-corrected chi connectivity index (χ1v) is 6.62. The molecule has 0 fully saturated rings. The fourth-order valence-electron chi connectivity index (χ4n) is 1.64. The second kappa shape index (κ2) is 6.51. The summed E-state index contributed by atoms with van der Waals surface area (Å²) in [6.07, 6.45) is 0. The van der Waals surface area contributed by atoms with Crippen LogP contribution in [-0.4, -0.2) is 23.5 Å². The average Bonchev–Trinajstić information content (AvgIpc) is 2.78. The van der Waals surface area contributed by atoms with Crippen molar-refractivity contribution in [2.45, 2.75) is 19.9 Å². The van der Waals surface area contributed by atoms with Gasteiger partial charge in [0.15, 0.2) is 6.04 Å². The third kappa shape index (κ3) is 3.54. The number of carbonyl (C=O) groups is 2. The summed E-state index contributed by atoms with van der Waals surface area (Å²) in [5.74, 6) is -1.67. The minimum atomic E-state index is -1.06. The third-order valence-electron chi connectivity index (χ3n) is 2.76. The summed E-state index contributed by atoms with van der Waals surface area (Å²) in [5.41, 5.74) is 5.54. The Hall–Kier alpha value is -1.40. The Labute approximate surface area is 110 Å². The van der Waals surface area contributed by atoms with Crippen molar-refractivity contribution in [3.63, 3.8) is 0 Å². The van der Waals surface area contributed by atoms with Gasteiger partial charge in [-0.2, -0.15) is 0 Å². The number of rotatable bonds is 6. The lowest BCUT2D eigenvalue weighted by Crippen LogP contribution is -2.41. The van der Waals surface area contributed by atoms with Crippen LogP contribution in [0.25, 0.3) is 0 Å². The zero-order valence-corrected chi connectivity index (χ0v) is 11.2. The second-order valence-electron chi connectivity index (χ2n) is 4.38. The van der Waals surface area contributed by atoms with Crippen molar-refractivity contribution in [2.24, 2.45) is 17.6 Å². The van der Waals surface area contributed by atoms with E-state index in [4.69, 9.17) is 10.8 Å². The first-order valence-electron chi connectivity index (χ1n) is 5.74. The van der Waals surface area contributed by atoms with Crippen LogP contribution in [-0.2, 0) is 9.59 Å². The van der Waals surface area contributed by atoms with Gasteiger partial charge < -0.3 is 16.2 Å². The van der Waals surface area contributed by atoms with Crippen LogP contribution in [0.15, 0.2) is 17.5 Å². The molecule has 0 saturated carbocycles. The molecule has 1 aromatic rings. The van der Waals surface area contributed by atoms with E-state index in [-0.39, 0.29) is 24.3 Å². The Morgan fingerprint density at radius 2 is 2.17 bits per heavy atom. The van der Waals surface area contributed by atoms with Crippen molar-refractivity contribution in [1.82, 2.24) is 5.32 Å². The maximum Gasteiger partial charge on any atom is 0.331 e. The van der Waals surface area contributed by atoms with Gasteiger partial charge in [0.2, 0.25) is 5.91 Å². The van der Waals surface area contributed by atoms with Gasteiger partial charge in [0.05, 0.1) is 5.92 Å². The van der Waals surface area contributed by atoms with Gasteiger partial charge in [-0.3, -0.25) is 4.79 Å². The Morgan fingerprint density at radius 1 is 1.50 bits per heavy atom. The van der Waals surface area contributed by atoms with E-state index in [9.17, 15) is 9.59 Å². The lowest BCUT2D eigenvalue weighted by Gasteiger charge is -2.21. The molecule has 1 amide bonds. The molecule has 0 saturated heterocycles. The molecule has 1 heterocycles. The molecule has 6 heteroatoms. The topological polar surface area (TPSA) is 92.4 Å². The van der Waals surface area contributed by atoms with Gasteiger partial charge in [-0.05, 0) is 17.4 Å². The van der Waals surface area contributed by atoms with Crippen molar-refractivity contribution >= 4 is 23.2 Å². The molecule has 0 radical (unpaired) electrons. The SMILES string of the molecule is CC(C)C(CN)C(=O)NC(C(=O)O)c1cccs1. The first kappa shape index (κ1) is 14.7. The molecule has 5 nitrogen and oxygen atoms in total. The smallest absolute Gasteiger partial charge is 0.331 e. The lowest BCUT2D eigenvalue weighted by molar-refractivity contribution is -0.142. The Kier molecular flexibility index (Phi) is 5.30. The number of carboxylic acids is 1. The van der Waals surface area contributed by atoms with Crippen LogP contribution >= 0.6 is 11.3 Å². The van der Waals surface area contributed by atoms with Gasteiger partial charge in [-0.15, -0.1) is 11.3 Å². The van der Waals surface area contributed by atoms with Crippen LogP contribution in [0, 0.1) is 11.8 Å². The first-order chi connectivity index (χ1) is 8.47. The summed E-state index contributed by atoms with van der Waals surface area (Å²) in [6, 6.07) is 2.45. The Balaban J connectivity index is 2.79. The molecule has 0 bridgehead atoms. The third-order valence-corrected chi connectivity index (χ3v) is 3.69. The van der Waals surface area contributed by atoms with Gasteiger partial charge in [0.1, 0.15) is 0 Å². The van der Waals surface area contributed by atoms with Gasteiger partial charge in [0.25, 0.3) is 0 Å². The number of thiophene rings is 1. The summed E-state index contributed by atoms with van der Waals surface area (Å²) in [4.78, 5) is 23.8. The molecule has 0 aliphatic rings. The fourth-order valence-corrected chi connectivity index (χ4v) is 2.41. The largest absolute Gasteiger partial charge is 0.479 e. The molecular weight excluding hydrogens is 252 g/mol. The number of nitrogens with one attached hydrogen (secondary N) is 1. The molecule has 0 aliphatic carbocycles. The average molecular weight is 270 g/mol. The zero-order valence-electron chi connectivity index (χ0n) is 10.4. The molecule has 100 valence electrons. The maximum absolute atomic E-state index is 12.0. The maximum atomic E-state index is 12.0. The van der Waals surface area contributed by atoms with Crippen LogP contribution in [0.3, 0.4) is 0 Å². The second-order valence-corrected chi connectivity index (χ2v) is 5.36. The number of hydrogen-bond acceptors (Lipinski definition) is 4. The van der Waals surface area contributed by atoms with E-state index in [0.29, 0.717) is 4.88 Å². The van der Waals surface area contributed by atoms with Crippen LogP contribution in [0.5, 0.6) is 0 Å². The highest BCUT2D eigenvalue weighted by Crippen LogP contribution is 2.20. The van der Waals surface area contributed by atoms with Crippen molar-refractivity contribution in [2.75, 3.05) is 6.54 Å². The van der Waals surface area contributed by atoms with Crippen LogP contribution in [0.4, 0.5) is 0 Å². The Bertz CT molecular complexity index is 403. The molecule has 18 heavy (non-hydrogen) atoms. The van der Waals surface area contributed by atoms with Crippen molar-refractivity contribution < 1.29 is 14.7 Å². The quantitative estimate of drug-likeness (QED) is 0.724. The summed E-state index contributed by atoms with van der Waals surface area (Å²) in [5, 5.41) is 13.5.